The number of carbonyl (C=O) groups excluding carboxylic acids is 1. The van der Waals surface area contributed by atoms with E-state index in [2.05, 4.69) is 0 Å². The number of hydrogen-bond donors (Lipinski definition) is 0. The molecule has 0 atom stereocenters. The zero-order valence-electron chi connectivity index (χ0n) is 14.2. The lowest BCUT2D eigenvalue weighted by molar-refractivity contribution is -0.600. The molecule has 6 nitrogen and oxygen atoms in total. The number of hydrogen-bond acceptors (Lipinski definition) is 5. The first-order valence-electron chi connectivity index (χ1n) is 7.75. The van der Waals surface area contributed by atoms with E-state index in [0.717, 1.165) is 0 Å². The van der Waals surface area contributed by atoms with E-state index in [1.54, 1.807) is 19.1 Å². The first-order chi connectivity index (χ1) is 12.4. The van der Waals surface area contributed by atoms with Crippen LogP contribution in [0.5, 0.6) is 5.75 Å². The van der Waals surface area contributed by atoms with Crippen molar-refractivity contribution in [3.8, 4) is 23.1 Å². The van der Waals surface area contributed by atoms with Gasteiger partial charge in [0.2, 0.25) is 5.69 Å². The molecule has 0 aliphatic rings. The number of para-hydroxylation sites is 1. The quantitative estimate of drug-likeness (QED) is 0.448. The van der Waals surface area contributed by atoms with Crippen molar-refractivity contribution in [2.45, 2.75) is 20.3 Å². The average Bonchev–Trinajstić information content (AvgIpc) is 2.62. The van der Waals surface area contributed by atoms with E-state index in [1.807, 2.05) is 6.07 Å². The summed E-state index contributed by atoms with van der Waals surface area (Å²) in [7, 11) is 0. The van der Waals surface area contributed by atoms with Crippen LogP contribution in [-0.4, -0.2) is 25.6 Å². The molecule has 0 radical (unpaired) electrons. The highest BCUT2D eigenvalue weighted by Crippen LogP contribution is 2.32. The van der Waals surface area contributed by atoms with Crippen LogP contribution >= 0.6 is 0 Å². The van der Waals surface area contributed by atoms with Crippen molar-refractivity contribution in [3.05, 3.63) is 52.4 Å². The second-order valence-corrected chi connectivity index (χ2v) is 5.25. The molecule has 2 aromatic rings. The number of rotatable bonds is 6. The highest BCUT2D eigenvalue weighted by atomic mass is 19.3. The maximum Gasteiger partial charge on any atom is 0.339 e. The topological polar surface area (TPSA) is 86.3 Å². The van der Waals surface area contributed by atoms with Gasteiger partial charge in [-0.05, 0) is 19.1 Å². The zero-order valence-corrected chi connectivity index (χ0v) is 14.2. The number of nitriles is 1. The Bertz CT molecular complexity index is 863. The lowest BCUT2D eigenvalue weighted by atomic mass is 10.00. The third-order valence-electron chi connectivity index (χ3n) is 3.50. The van der Waals surface area contributed by atoms with Crippen LogP contribution in [-0.2, 0) is 4.74 Å². The summed E-state index contributed by atoms with van der Waals surface area (Å²) in [4.78, 5) is 12.2. The Hall–Kier alpha value is -3.21. The summed E-state index contributed by atoms with van der Waals surface area (Å²) < 4.78 is 35.5. The molecule has 0 aliphatic carbocycles. The predicted molar refractivity (Wildman–Crippen MR) is 87.7 cm³/mol. The number of carbonyl (C=O) groups is 1. The van der Waals surface area contributed by atoms with E-state index < -0.39 is 19.0 Å². The van der Waals surface area contributed by atoms with Crippen LogP contribution in [0, 0.1) is 23.5 Å². The van der Waals surface area contributed by atoms with Gasteiger partial charge in [-0.1, -0.05) is 12.1 Å². The van der Waals surface area contributed by atoms with Crippen LogP contribution in [0.1, 0.15) is 28.5 Å². The molecule has 1 heterocycles. The van der Waals surface area contributed by atoms with Gasteiger partial charge in [-0.2, -0.15) is 9.99 Å². The number of nitrogens with zero attached hydrogens (tertiary/aromatic N) is 2. The molecule has 0 bridgehead atoms. The van der Waals surface area contributed by atoms with Gasteiger partial charge in [0.25, 0.3) is 6.43 Å². The number of aryl methyl sites for hydroxylation is 1. The van der Waals surface area contributed by atoms with Crippen LogP contribution in [0.25, 0.3) is 11.3 Å². The van der Waals surface area contributed by atoms with E-state index in [0.29, 0.717) is 4.73 Å². The predicted octanol–water partition coefficient (Wildman–Crippen LogP) is 2.99. The third kappa shape index (κ3) is 3.88. The number of halogens is 2. The van der Waals surface area contributed by atoms with Gasteiger partial charge >= 0.3 is 5.97 Å². The molecule has 0 fully saturated rings. The monoisotopic (exact) mass is 362 g/mol. The highest BCUT2D eigenvalue weighted by molar-refractivity contribution is 5.94. The summed E-state index contributed by atoms with van der Waals surface area (Å²) in [6, 6.07) is 9.08. The molecular weight excluding hydrogens is 346 g/mol. The summed E-state index contributed by atoms with van der Waals surface area (Å²) in [6.45, 7) is 2.30. The zero-order chi connectivity index (χ0) is 19.3. The first kappa shape index (κ1) is 19.1. The lowest BCUT2D eigenvalue weighted by Crippen LogP contribution is -2.35. The van der Waals surface area contributed by atoms with Gasteiger partial charge in [0.15, 0.2) is 5.69 Å². The van der Waals surface area contributed by atoms with Crippen molar-refractivity contribution in [2.24, 2.45) is 0 Å². The van der Waals surface area contributed by atoms with Gasteiger partial charge in [-0.25, -0.2) is 13.6 Å². The van der Waals surface area contributed by atoms with Crippen molar-refractivity contribution in [3.63, 3.8) is 0 Å². The molecule has 0 amide bonds. The smallest absolute Gasteiger partial charge is 0.339 e. The van der Waals surface area contributed by atoms with Gasteiger partial charge in [0, 0.05) is 13.0 Å². The normalized spacial score (nSPS) is 10.5. The second kappa shape index (κ2) is 8.25. The largest absolute Gasteiger partial charge is 0.618 e. The number of ether oxygens (including phenoxy) is 2. The van der Waals surface area contributed by atoms with Crippen molar-refractivity contribution < 1.29 is 27.8 Å². The lowest BCUT2D eigenvalue weighted by Gasteiger charge is -2.15. The molecular formula is C18H16F2N2O4. The molecule has 0 N–H and O–H groups in total. The van der Waals surface area contributed by atoms with Gasteiger partial charge in [0.1, 0.15) is 24.0 Å². The van der Waals surface area contributed by atoms with Gasteiger partial charge in [-0.3, -0.25) is 0 Å². The van der Waals surface area contributed by atoms with Crippen LogP contribution in [0.4, 0.5) is 8.78 Å². The highest BCUT2D eigenvalue weighted by Gasteiger charge is 2.28. The Balaban J connectivity index is 2.70. The van der Waals surface area contributed by atoms with Crippen molar-refractivity contribution in [1.82, 2.24) is 0 Å². The first-order valence-corrected chi connectivity index (χ1v) is 7.75. The van der Waals surface area contributed by atoms with Crippen molar-refractivity contribution in [1.29, 1.82) is 5.26 Å². The summed E-state index contributed by atoms with van der Waals surface area (Å²) >= 11 is 0. The fourth-order valence-electron chi connectivity index (χ4n) is 2.41. The number of aromatic nitrogens is 1. The SMILES string of the molecule is CCOC(=O)c1cc(C)[n+]([O-])c(-c2ccccc2OCC(F)F)c1C#N. The van der Waals surface area contributed by atoms with E-state index in [-0.39, 0.29) is 40.4 Å². The fourth-order valence-corrected chi connectivity index (χ4v) is 2.41. The van der Waals surface area contributed by atoms with E-state index in [4.69, 9.17) is 9.47 Å². The maximum absolute atomic E-state index is 12.6. The molecule has 0 unspecified atom stereocenters. The summed E-state index contributed by atoms with van der Waals surface area (Å²) in [5.74, 6) is -0.741. The Morgan fingerprint density at radius 1 is 1.38 bits per heavy atom. The van der Waals surface area contributed by atoms with Gasteiger partial charge in [0.05, 0.1) is 17.7 Å². The van der Waals surface area contributed by atoms with E-state index in [1.165, 1.54) is 25.1 Å². The van der Waals surface area contributed by atoms with Crippen LogP contribution in [0.3, 0.4) is 0 Å². The fraction of sp³-hybridized carbons (Fsp3) is 0.278. The Morgan fingerprint density at radius 3 is 2.69 bits per heavy atom. The number of benzene rings is 1. The second-order valence-electron chi connectivity index (χ2n) is 5.25. The number of esters is 1. The van der Waals surface area contributed by atoms with Gasteiger partial charge in [-0.15, -0.1) is 0 Å². The molecule has 8 heteroatoms. The Morgan fingerprint density at radius 2 is 2.08 bits per heavy atom. The number of pyridine rings is 1. The summed E-state index contributed by atoms with van der Waals surface area (Å²) in [5.41, 5.74) is -0.158. The number of alkyl halides is 2. The van der Waals surface area contributed by atoms with Crippen LogP contribution in [0.2, 0.25) is 0 Å². The Kier molecular flexibility index (Phi) is 6.07. The minimum absolute atomic E-state index is 0.00862. The maximum atomic E-state index is 12.6. The standard InChI is InChI=1S/C18H16F2N2O4/c1-3-25-18(23)13-8-11(2)22(24)17(14(13)9-21)12-6-4-5-7-15(12)26-10-16(19)20/h4-8,16H,3,10H2,1-2H3. The molecule has 1 aromatic heterocycles. The third-order valence-corrected chi connectivity index (χ3v) is 3.50. The minimum atomic E-state index is -2.70. The van der Waals surface area contributed by atoms with Crippen LogP contribution < -0.4 is 9.47 Å². The molecule has 0 aliphatic heterocycles. The molecule has 1 aromatic carbocycles. The average molecular weight is 362 g/mol. The molecule has 0 saturated carbocycles. The van der Waals surface area contributed by atoms with E-state index >= 15 is 0 Å². The molecule has 26 heavy (non-hydrogen) atoms. The molecule has 136 valence electrons. The van der Waals surface area contributed by atoms with Crippen molar-refractivity contribution >= 4 is 5.97 Å². The molecule has 2 rings (SSSR count). The summed E-state index contributed by atoms with van der Waals surface area (Å²) in [5, 5.41) is 22.1. The molecule has 0 spiro atoms. The van der Waals surface area contributed by atoms with Crippen LogP contribution in [0.15, 0.2) is 30.3 Å². The van der Waals surface area contributed by atoms with Gasteiger partial charge < -0.3 is 14.7 Å². The summed E-state index contributed by atoms with van der Waals surface area (Å²) in [6.07, 6.45) is -2.70. The minimum Gasteiger partial charge on any atom is -0.618 e. The van der Waals surface area contributed by atoms with E-state index in [9.17, 15) is 24.0 Å². The molecule has 0 saturated heterocycles. The van der Waals surface area contributed by atoms with Crippen molar-refractivity contribution in [2.75, 3.05) is 13.2 Å². The Labute approximate surface area is 148 Å².